The minimum atomic E-state index is -0.271. The van der Waals surface area contributed by atoms with E-state index in [1.807, 2.05) is 31.3 Å². The zero-order valence-electron chi connectivity index (χ0n) is 21.5. The molecule has 0 atom stereocenters. The summed E-state index contributed by atoms with van der Waals surface area (Å²) in [4.78, 5) is 4.58. The van der Waals surface area contributed by atoms with Gasteiger partial charge in [0.1, 0.15) is 17.7 Å². The standard InChI is InChI=1S/C29H34FN7/c1-34-21-24(20-32)5-3-4-12-36-13-15-37(16-14-36)29(33)26-11-8-23(19-31)17-27(26)28(35-2)18-22-6-9-25(30)10-7-22/h3,5-11,17,21,34-35H,4,12-16,18,33H2,1-2H3/b5-3?,24-21+,28-27-,29-26+. The predicted molar refractivity (Wildman–Crippen MR) is 145 cm³/mol. The molecule has 2 aromatic carbocycles. The lowest BCUT2D eigenvalue weighted by Crippen LogP contribution is -2.50. The quantitative estimate of drug-likeness (QED) is 0.355. The highest BCUT2D eigenvalue weighted by Crippen LogP contribution is 2.09. The first-order valence-electron chi connectivity index (χ1n) is 12.4. The summed E-state index contributed by atoms with van der Waals surface area (Å²) in [6, 6.07) is 16.4. The third-order valence-electron chi connectivity index (χ3n) is 6.40. The van der Waals surface area contributed by atoms with Gasteiger partial charge >= 0.3 is 0 Å². The predicted octanol–water partition coefficient (Wildman–Crippen LogP) is 1.48. The molecule has 0 spiro atoms. The summed E-state index contributed by atoms with van der Waals surface area (Å²) in [6.45, 7) is 4.28. The van der Waals surface area contributed by atoms with Crippen molar-refractivity contribution in [3.63, 3.8) is 0 Å². The van der Waals surface area contributed by atoms with Crippen molar-refractivity contribution in [2.45, 2.75) is 12.8 Å². The molecule has 0 saturated carbocycles. The first-order valence-corrected chi connectivity index (χ1v) is 12.4. The third-order valence-corrected chi connectivity index (χ3v) is 6.40. The Morgan fingerprint density at radius 2 is 1.78 bits per heavy atom. The number of hydrogen-bond donors (Lipinski definition) is 3. The number of nitrogens with two attached hydrogens (primary N) is 1. The molecule has 3 rings (SSSR count). The number of benzene rings is 2. The molecule has 37 heavy (non-hydrogen) atoms. The van der Waals surface area contributed by atoms with Crippen LogP contribution < -0.4 is 26.8 Å². The normalized spacial score (nSPS) is 16.1. The van der Waals surface area contributed by atoms with Crippen LogP contribution in [0, 0.1) is 28.5 Å². The van der Waals surface area contributed by atoms with Crippen LogP contribution in [-0.2, 0) is 6.42 Å². The van der Waals surface area contributed by atoms with E-state index in [2.05, 4.69) is 32.6 Å². The molecule has 0 unspecified atom stereocenters. The van der Waals surface area contributed by atoms with E-state index in [0.29, 0.717) is 23.4 Å². The Kier molecular flexibility index (Phi) is 10.1. The van der Waals surface area contributed by atoms with Crippen LogP contribution in [0.15, 0.2) is 66.4 Å². The number of halogens is 1. The van der Waals surface area contributed by atoms with E-state index >= 15 is 0 Å². The van der Waals surface area contributed by atoms with Gasteiger partial charge in [-0.2, -0.15) is 10.5 Å². The molecule has 1 aliphatic rings. The van der Waals surface area contributed by atoms with Gasteiger partial charge in [0.2, 0.25) is 0 Å². The van der Waals surface area contributed by atoms with Crippen LogP contribution in [0.1, 0.15) is 17.5 Å². The highest BCUT2D eigenvalue weighted by Gasteiger charge is 2.18. The molecule has 7 nitrogen and oxygen atoms in total. The van der Waals surface area contributed by atoms with Crippen molar-refractivity contribution in [3.05, 3.63) is 93.8 Å². The van der Waals surface area contributed by atoms with Gasteiger partial charge in [0, 0.05) is 75.6 Å². The highest BCUT2D eigenvalue weighted by atomic mass is 19.1. The lowest BCUT2D eigenvalue weighted by molar-refractivity contribution is 0.176. The molecule has 8 heteroatoms. The SMILES string of the molecule is CN/C=C(/C#N)C=CCCN1CCN(/C(N)=c2\ccc(C#N)c\c2=C(/Cc2ccc(F)cc2)NC)CC1. The monoisotopic (exact) mass is 499 g/mol. The Bertz CT molecular complexity index is 1320. The lowest BCUT2D eigenvalue weighted by atomic mass is 10.0. The number of nitriles is 2. The fourth-order valence-electron chi connectivity index (χ4n) is 4.33. The van der Waals surface area contributed by atoms with Gasteiger partial charge in [-0.25, -0.2) is 4.39 Å². The molecular weight excluding hydrogens is 465 g/mol. The minimum absolute atomic E-state index is 0.271. The van der Waals surface area contributed by atoms with Crippen molar-refractivity contribution in [2.24, 2.45) is 5.73 Å². The molecule has 4 N–H and O–H groups in total. The van der Waals surface area contributed by atoms with Gasteiger partial charge < -0.3 is 21.3 Å². The number of nitrogens with one attached hydrogen (secondary N) is 2. The van der Waals surface area contributed by atoms with Crippen molar-refractivity contribution in [3.8, 4) is 12.1 Å². The maximum atomic E-state index is 13.4. The molecule has 0 amide bonds. The van der Waals surface area contributed by atoms with Crippen molar-refractivity contribution in [1.82, 2.24) is 20.4 Å². The number of nitrogens with zero attached hydrogens (tertiary/aromatic N) is 4. The Hall–Kier alpha value is -4.27. The van der Waals surface area contributed by atoms with Gasteiger partial charge in [-0.05, 0) is 48.4 Å². The molecular formula is C29H34FN7. The highest BCUT2D eigenvalue weighted by molar-refractivity contribution is 5.52. The Labute approximate surface area is 218 Å². The van der Waals surface area contributed by atoms with Crippen LogP contribution in [0.3, 0.4) is 0 Å². The molecule has 1 saturated heterocycles. The second-order valence-corrected chi connectivity index (χ2v) is 8.81. The minimum Gasteiger partial charge on any atom is -0.393 e. The molecule has 0 bridgehead atoms. The van der Waals surface area contributed by atoms with E-state index in [-0.39, 0.29) is 5.82 Å². The van der Waals surface area contributed by atoms with Crippen molar-refractivity contribution in [1.29, 1.82) is 10.5 Å². The maximum Gasteiger partial charge on any atom is 0.123 e. The maximum absolute atomic E-state index is 13.4. The molecule has 0 aromatic heterocycles. The van der Waals surface area contributed by atoms with Gasteiger partial charge in [-0.1, -0.05) is 18.2 Å². The van der Waals surface area contributed by atoms with Crippen LogP contribution in [-0.4, -0.2) is 56.6 Å². The van der Waals surface area contributed by atoms with Crippen molar-refractivity contribution < 1.29 is 4.39 Å². The Balaban J connectivity index is 1.79. The summed E-state index contributed by atoms with van der Waals surface area (Å²) in [5.74, 6) is 0.411. The Morgan fingerprint density at radius 1 is 1.05 bits per heavy atom. The number of likely N-dealkylation sites (N-methyl/N-ethyl adjacent to an activating group) is 1. The average molecular weight is 500 g/mol. The molecule has 0 aliphatic carbocycles. The third kappa shape index (κ3) is 7.60. The summed E-state index contributed by atoms with van der Waals surface area (Å²) in [5, 5.41) is 26.5. The number of allylic oxidation sites excluding steroid dienone is 2. The summed E-state index contributed by atoms with van der Waals surface area (Å²) < 4.78 is 13.4. The van der Waals surface area contributed by atoms with Crippen LogP contribution in [0.5, 0.6) is 0 Å². The van der Waals surface area contributed by atoms with E-state index < -0.39 is 0 Å². The van der Waals surface area contributed by atoms with Gasteiger partial charge in [-0.3, -0.25) is 4.90 Å². The van der Waals surface area contributed by atoms with Crippen molar-refractivity contribution in [2.75, 3.05) is 46.8 Å². The number of hydrogen-bond acceptors (Lipinski definition) is 7. The zero-order valence-corrected chi connectivity index (χ0v) is 21.5. The molecule has 0 radical (unpaired) electrons. The fourth-order valence-corrected chi connectivity index (χ4v) is 4.33. The van der Waals surface area contributed by atoms with Crippen LogP contribution in [0.2, 0.25) is 0 Å². The summed E-state index contributed by atoms with van der Waals surface area (Å²) in [7, 11) is 3.62. The van der Waals surface area contributed by atoms with Gasteiger partial charge in [0.05, 0.1) is 17.2 Å². The lowest BCUT2D eigenvalue weighted by Gasteiger charge is -2.36. The van der Waals surface area contributed by atoms with E-state index in [1.165, 1.54) is 12.1 Å². The van der Waals surface area contributed by atoms with E-state index in [4.69, 9.17) is 11.0 Å². The second-order valence-electron chi connectivity index (χ2n) is 8.81. The molecule has 1 aliphatic heterocycles. The van der Waals surface area contributed by atoms with Gasteiger partial charge in [0.15, 0.2) is 0 Å². The van der Waals surface area contributed by atoms with E-state index in [9.17, 15) is 9.65 Å². The molecule has 192 valence electrons. The van der Waals surface area contributed by atoms with Crippen LogP contribution >= 0.6 is 0 Å². The van der Waals surface area contributed by atoms with Crippen LogP contribution in [0.4, 0.5) is 4.39 Å². The van der Waals surface area contributed by atoms with Gasteiger partial charge in [-0.15, -0.1) is 0 Å². The molecule has 2 aromatic rings. The fraction of sp³-hybridized carbons (Fsp3) is 0.310. The molecule has 1 fully saturated rings. The number of rotatable bonds is 9. The largest absolute Gasteiger partial charge is 0.393 e. The topological polar surface area (TPSA) is 104 Å². The van der Waals surface area contributed by atoms with Crippen LogP contribution in [0.25, 0.3) is 11.5 Å². The number of piperazine rings is 1. The summed E-state index contributed by atoms with van der Waals surface area (Å²) >= 11 is 0. The van der Waals surface area contributed by atoms with Crippen molar-refractivity contribution >= 4 is 11.5 Å². The van der Waals surface area contributed by atoms with Gasteiger partial charge in [0.25, 0.3) is 0 Å². The Morgan fingerprint density at radius 3 is 2.41 bits per heavy atom. The van der Waals surface area contributed by atoms with E-state index in [0.717, 1.165) is 60.8 Å². The first kappa shape index (κ1) is 27.3. The second kappa shape index (κ2) is 13.7. The summed E-state index contributed by atoms with van der Waals surface area (Å²) in [6.07, 6.45) is 6.98. The average Bonchev–Trinajstić information content (AvgIpc) is 2.94. The molecule has 1 heterocycles. The smallest absolute Gasteiger partial charge is 0.123 e. The zero-order chi connectivity index (χ0) is 26.6. The first-order chi connectivity index (χ1) is 18.0. The van der Waals surface area contributed by atoms with E-state index in [1.54, 1.807) is 31.4 Å². The summed E-state index contributed by atoms with van der Waals surface area (Å²) in [5.41, 5.74) is 9.74.